The lowest BCUT2D eigenvalue weighted by molar-refractivity contribution is -0.119. The van der Waals surface area contributed by atoms with E-state index < -0.39 is 11.9 Å². The van der Waals surface area contributed by atoms with Crippen LogP contribution >= 0.6 is 11.6 Å². The average molecular weight is 185 g/mol. The lowest BCUT2D eigenvalue weighted by Gasteiger charge is -2.06. The van der Waals surface area contributed by atoms with E-state index >= 15 is 0 Å². The minimum atomic E-state index is -0.774. The van der Waals surface area contributed by atoms with Crippen LogP contribution in [0.2, 0.25) is 5.02 Å². The van der Waals surface area contributed by atoms with E-state index in [1.54, 1.807) is 24.3 Å². The molecule has 0 spiro atoms. The molecule has 0 aliphatic heterocycles. The van der Waals surface area contributed by atoms with Gasteiger partial charge in [-0.05, 0) is 17.7 Å². The highest BCUT2D eigenvalue weighted by atomic mass is 35.5. The summed E-state index contributed by atoms with van der Waals surface area (Å²) in [5.74, 6) is -0.558. The summed E-state index contributed by atoms with van der Waals surface area (Å²) in [6.07, 6.45) is 0. The second kappa shape index (κ2) is 3.56. The number of amides is 1. The Morgan fingerprint density at radius 2 is 2.17 bits per heavy atom. The van der Waals surface area contributed by atoms with Crippen molar-refractivity contribution in [2.45, 2.75) is 6.04 Å². The highest BCUT2D eigenvalue weighted by molar-refractivity contribution is 6.30. The first-order valence-corrected chi connectivity index (χ1v) is 3.79. The van der Waals surface area contributed by atoms with Crippen LogP contribution in [-0.4, -0.2) is 5.91 Å². The minimum Gasteiger partial charge on any atom is -0.368 e. The predicted molar refractivity (Wildman–Crippen MR) is 47.6 cm³/mol. The predicted octanol–water partition coefficient (Wildman–Crippen LogP) is 0.825. The molecule has 0 radical (unpaired) electrons. The Hall–Kier alpha value is -1.06. The molecule has 1 aromatic rings. The molecule has 4 N–H and O–H groups in total. The van der Waals surface area contributed by atoms with Gasteiger partial charge in [0.15, 0.2) is 0 Å². The Labute approximate surface area is 75.3 Å². The Morgan fingerprint density at radius 3 is 2.67 bits per heavy atom. The van der Waals surface area contributed by atoms with Gasteiger partial charge in [-0.2, -0.15) is 0 Å². The van der Waals surface area contributed by atoms with E-state index in [4.69, 9.17) is 23.1 Å². The molecule has 1 aromatic carbocycles. The molecule has 12 heavy (non-hydrogen) atoms. The molecule has 0 saturated carbocycles. The third kappa shape index (κ3) is 1.96. The fourth-order valence-corrected chi connectivity index (χ4v) is 1.06. The first-order valence-electron chi connectivity index (χ1n) is 3.41. The fourth-order valence-electron chi connectivity index (χ4n) is 0.864. The van der Waals surface area contributed by atoms with E-state index in [0.29, 0.717) is 10.6 Å². The number of benzene rings is 1. The number of hydrogen-bond acceptors (Lipinski definition) is 2. The highest BCUT2D eigenvalue weighted by Crippen LogP contribution is 2.15. The van der Waals surface area contributed by atoms with Crippen molar-refractivity contribution in [3.63, 3.8) is 0 Å². The number of primary amides is 1. The van der Waals surface area contributed by atoms with E-state index in [9.17, 15) is 4.79 Å². The van der Waals surface area contributed by atoms with Gasteiger partial charge in [-0.25, -0.2) is 0 Å². The lowest BCUT2D eigenvalue weighted by Crippen LogP contribution is -2.28. The van der Waals surface area contributed by atoms with Crippen LogP contribution in [0.5, 0.6) is 0 Å². The zero-order valence-electron chi connectivity index (χ0n) is 6.33. The third-order valence-corrected chi connectivity index (χ3v) is 1.75. The Bertz CT molecular complexity index is 301. The Kier molecular flexibility index (Phi) is 2.68. The minimum absolute atomic E-state index is 0.546. The summed E-state index contributed by atoms with van der Waals surface area (Å²) in [6, 6.07) is 5.99. The third-order valence-electron chi connectivity index (χ3n) is 1.51. The van der Waals surface area contributed by atoms with Crippen LogP contribution < -0.4 is 11.5 Å². The van der Waals surface area contributed by atoms with Gasteiger partial charge in [0.05, 0.1) is 0 Å². The second-order valence-corrected chi connectivity index (χ2v) is 2.87. The molecule has 3 nitrogen and oxygen atoms in total. The van der Waals surface area contributed by atoms with E-state index in [-0.39, 0.29) is 0 Å². The molecule has 1 rings (SSSR count). The van der Waals surface area contributed by atoms with Gasteiger partial charge in [0.25, 0.3) is 0 Å². The van der Waals surface area contributed by atoms with Crippen LogP contribution in [0.3, 0.4) is 0 Å². The number of halogens is 1. The lowest BCUT2D eigenvalue weighted by atomic mass is 10.1. The normalized spacial score (nSPS) is 12.5. The summed E-state index contributed by atoms with van der Waals surface area (Å²) < 4.78 is 0. The van der Waals surface area contributed by atoms with Crippen molar-refractivity contribution in [2.24, 2.45) is 11.5 Å². The number of carbonyl (C=O) groups is 1. The fraction of sp³-hybridized carbons (Fsp3) is 0.125. The quantitative estimate of drug-likeness (QED) is 0.715. The molecule has 0 aromatic heterocycles. The SMILES string of the molecule is NC(=O)C(N)c1cccc(Cl)c1. The number of hydrogen-bond donors (Lipinski definition) is 2. The van der Waals surface area contributed by atoms with Crippen molar-refractivity contribution in [3.8, 4) is 0 Å². The van der Waals surface area contributed by atoms with Crippen molar-refractivity contribution < 1.29 is 4.79 Å². The summed E-state index contributed by atoms with van der Waals surface area (Å²) in [5.41, 5.74) is 11.1. The molecule has 0 fully saturated rings. The molecule has 0 aliphatic carbocycles. The average Bonchev–Trinajstić information content (AvgIpc) is 2.03. The summed E-state index contributed by atoms with van der Waals surface area (Å²) in [4.78, 5) is 10.7. The van der Waals surface area contributed by atoms with E-state index in [1.165, 1.54) is 0 Å². The molecule has 64 valence electrons. The van der Waals surface area contributed by atoms with E-state index in [2.05, 4.69) is 0 Å². The van der Waals surface area contributed by atoms with Crippen LogP contribution in [0.25, 0.3) is 0 Å². The topological polar surface area (TPSA) is 69.1 Å². The van der Waals surface area contributed by atoms with E-state index in [1.807, 2.05) is 0 Å². The van der Waals surface area contributed by atoms with Crippen molar-refractivity contribution >= 4 is 17.5 Å². The second-order valence-electron chi connectivity index (χ2n) is 2.44. The van der Waals surface area contributed by atoms with Gasteiger partial charge in [0, 0.05) is 5.02 Å². The van der Waals surface area contributed by atoms with Crippen LogP contribution in [0, 0.1) is 0 Å². The number of rotatable bonds is 2. The molecular formula is C8H9ClN2O. The summed E-state index contributed by atoms with van der Waals surface area (Å²) in [6.45, 7) is 0. The first kappa shape index (κ1) is 9.03. The summed E-state index contributed by atoms with van der Waals surface area (Å²) in [5, 5.41) is 0.546. The molecule has 1 amide bonds. The van der Waals surface area contributed by atoms with Crippen molar-refractivity contribution in [1.29, 1.82) is 0 Å². The van der Waals surface area contributed by atoms with Crippen molar-refractivity contribution in [3.05, 3.63) is 34.9 Å². The largest absolute Gasteiger partial charge is 0.368 e. The molecule has 0 aliphatic rings. The zero-order valence-corrected chi connectivity index (χ0v) is 7.08. The van der Waals surface area contributed by atoms with Crippen molar-refractivity contribution in [2.75, 3.05) is 0 Å². The summed E-state index contributed by atoms with van der Waals surface area (Å²) in [7, 11) is 0. The maximum absolute atomic E-state index is 10.7. The summed E-state index contributed by atoms with van der Waals surface area (Å²) >= 11 is 5.69. The van der Waals surface area contributed by atoms with Gasteiger partial charge >= 0.3 is 0 Å². The molecule has 1 atom stereocenters. The molecular weight excluding hydrogens is 176 g/mol. The maximum Gasteiger partial charge on any atom is 0.238 e. The Balaban J connectivity index is 2.95. The maximum atomic E-state index is 10.7. The monoisotopic (exact) mass is 184 g/mol. The smallest absolute Gasteiger partial charge is 0.238 e. The van der Waals surface area contributed by atoms with Crippen LogP contribution in [0.1, 0.15) is 11.6 Å². The standard InChI is InChI=1S/C8H9ClN2O/c9-6-3-1-2-5(4-6)7(10)8(11)12/h1-4,7H,10H2,(H2,11,12). The van der Waals surface area contributed by atoms with Gasteiger partial charge in [0.1, 0.15) is 6.04 Å². The first-order chi connectivity index (χ1) is 5.61. The van der Waals surface area contributed by atoms with Crippen molar-refractivity contribution in [1.82, 2.24) is 0 Å². The molecule has 0 saturated heterocycles. The van der Waals surface area contributed by atoms with Gasteiger partial charge in [-0.15, -0.1) is 0 Å². The Morgan fingerprint density at radius 1 is 1.50 bits per heavy atom. The van der Waals surface area contributed by atoms with Crippen LogP contribution in [-0.2, 0) is 4.79 Å². The van der Waals surface area contributed by atoms with Crippen LogP contribution in [0.4, 0.5) is 0 Å². The number of nitrogens with two attached hydrogens (primary N) is 2. The van der Waals surface area contributed by atoms with Gasteiger partial charge < -0.3 is 11.5 Å². The van der Waals surface area contributed by atoms with Gasteiger partial charge in [0.2, 0.25) is 5.91 Å². The number of carbonyl (C=O) groups excluding carboxylic acids is 1. The van der Waals surface area contributed by atoms with Gasteiger partial charge in [-0.3, -0.25) is 4.79 Å². The zero-order chi connectivity index (χ0) is 9.14. The molecule has 1 unspecified atom stereocenters. The molecule has 0 bridgehead atoms. The molecule has 0 heterocycles. The molecule has 4 heteroatoms. The highest BCUT2D eigenvalue weighted by Gasteiger charge is 2.11. The van der Waals surface area contributed by atoms with Gasteiger partial charge in [-0.1, -0.05) is 23.7 Å². The van der Waals surface area contributed by atoms with E-state index in [0.717, 1.165) is 0 Å². The van der Waals surface area contributed by atoms with Crippen LogP contribution in [0.15, 0.2) is 24.3 Å².